The van der Waals surface area contributed by atoms with E-state index in [0.29, 0.717) is 6.54 Å². The fourth-order valence-corrected chi connectivity index (χ4v) is 12.9. The van der Waals surface area contributed by atoms with Crippen molar-refractivity contribution in [2.75, 3.05) is 38.2 Å². The number of unbranched alkanes of at least 4 members (excludes halogenated alkanes) is 20. The molecule has 0 atom stereocenters. The molecule has 0 aromatic rings. The first-order valence-corrected chi connectivity index (χ1v) is 20.8. The van der Waals surface area contributed by atoms with Gasteiger partial charge in [0.25, 0.3) is 0 Å². The third kappa shape index (κ3) is 20.4. The Hall–Kier alpha value is -0.140. The molecule has 0 saturated carbocycles. The average Bonchev–Trinajstić information content (AvgIpc) is 2.93. The second kappa shape index (κ2) is 26.7. The van der Waals surface area contributed by atoms with Gasteiger partial charge in [-0.2, -0.15) is 0 Å². The molecule has 0 aliphatic carbocycles. The van der Waals surface area contributed by atoms with E-state index in [1.807, 2.05) is 7.05 Å². The van der Waals surface area contributed by atoms with E-state index in [-0.39, 0.29) is 5.97 Å². The zero-order valence-corrected chi connectivity index (χ0v) is 28.7. The molecule has 0 fully saturated rings. The molecule has 3 nitrogen and oxygen atoms in total. The van der Waals surface area contributed by atoms with Gasteiger partial charge in [-0.05, 0) is 0 Å². The van der Waals surface area contributed by atoms with Crippen LogP contribution in [0.2, 0.25) is 0 Å². The van der Waals surface area contributed by atoms with Crippen LogP contribution in [0.25, 0.3) is 0 Å². The van der Waals surface area contributed by atoms with Crippen LogP contribution in [0.4, 0.5) is 0 Å². The molecular weight excluding hydrogens is 497 g/mol. The molecule has 0 bridgehead atoms. The van der Waals surface area contributed by atoms with E-state index in [2.05, 4.69) is 33.0 Å². The summed E-state index contributed by atoms with van der Waals surface area (Å²) in [6.45, 7) is 6.97. The zero-order chi connectivity index (χ0) is 28.9. The molecule has 1 N–H and O–H groups in total. The van der Waals surface area contributed by atoms with Gasteiger partial charge < -0.3 is 0 Å². The van der Waals surface area contributed by atoms with Gasteiger partial charge in [0.2, 0.25) is 0 Å². The van der Waals surface area contributed by atoms with Gasteiger partial charge in [-0.15, -0.1) is 0 Å². The Morgan fingerprint density at radius 3 is 1.00 bits per heavy atom. The number of likely N-dealkylation sites (N-methyl/N-ethyl adjacent to an activating group) is 1. The Labute approximate surface area is 247 Å². The minimum absolute atomic E-state index is 0.0237. The van der Waals surface area contributed by atoms with Crippen LogP contribution >= 0.6 is 6.83 Å². The van der Waals surface area contributed by atoms with Crippen molar-refractivity contribution in [3.05, 3.63) is 0 Å². The molecule has 0 radical (unpaired) electrons. The van der Waals surface area contributed by atoms with Crippen LogP contribution in [-0.2, 0) is 9.32 Å². The van der Waals surface area contributed by atoms with E-state index in [4.69, 9.17) is 4.52 Å². The van der Waals surface area contributed by atoms with Gasteiger partial charge in [-0.1, -0.05) is 13.3 Å². The molecule has 0 amide bonds. The second-order valence-electron chi connectivity index (χ2n) is 12.8. The Bertz CT molecular complexity index is 505. The van der Waals surface area contributed by atoms with Gasteiger partial charge in [0, 0.05) is 0 Å². The summed E-state index contributed by atoms with van der Waals surface area (Å²) >= 11 is 0. The Morgan fingerprint density at radius 2 is 0.718 bits per heavy atom. The number of hydrogen-bond donors (Lipinski definition) is 1. The predicted molar refractivity (Wildman–Crippen MR) is 180 cm³/mol. The molecule has 0 aliphatic rings. The van der Waals surface area contributed by atoms with Crippen LogP contribution in [0.15, 0.2) is 0 Å². The molecule has 0 unspecified atom stereocenters. The fraction of sp³-hybridized carbons (Fsp3) is 0.971. The van der Waals surface area contributed by atoms with Gasteiger partial charge >= 0.3 is 234 Å². The molecule has 0 heterocycles. The number of carbonyl (C=O) groups is 1. The molecule has 236 valence electrons. The van der Waals surface area contributed by atoms with Crippen molar-refractivity contribution in [3.63, 3.8) is 0 Å². The SMILES string of the molecule is CCCCCCCCCCCCCCP(CCCCCC)(CCCCCC)(CCCCCC)OC(=O)CNC. The van der Waals surface area contributed by atoms with Crippen molar-refractivity contribution in [3.8, 4) is 0 Å². The molecule has 0 aromatic carbocycles. The maximum atomic E-state index is 13.2. The van der Waals surface area contributed by atoms with Crippen LogP contribution in [0.3, 0.4) is 0 Å². The first-order chi connectivity index (χ1) is 19.0. The summed E-state index contributed by atoms with van der Waals surface area (Å²) in [5, 5.41) is 3.10. The van der Waals surface area contributed by atoms with Crippen molar-refractivity contribution in [1.29, 1.82) is 0 Å². The first kappa shape index (κ1) is 38.9. The molecule has 39 heavy (non-hydrogen) atoms. The van der Waals surface area contributed by atoms with Gasteiger partial charge in [-0.3, -0.25) is 0 Å². The molecule has 0 aromatic heterocycles. The fourth-order valence-electron chi connectivity index (χ4n) is 6.49. The Morgan fingerprint density at radius 1 is 0.462 bits per heavy atom. The molecule has 0 aliphatic heterocycles. The van der Waals surface area contributed by atoms with Gasteiger partial charge in [0.1, 0.15) is 0 Å². The third-order valence-corrected chi connectivity index (χ3v) is 15.5. The zero-order valence-electron chi connectivity index (χ0n) is 27.8. The number of nitrogens with one attached hydrogen (secondary N) is 1. The monoisotopic (exact) mass is 572 g/mol. The summed E-state index contributed by atoms with van der Waals surface area (Å²) < 4.78 is 6.94. The summed E-state index contributed by atoms with van der Waals surface area (Å²) in [5.41, 5.74) is 0. The van der Waals surface area contributed by atoms with Crippen molar-refractivity contribution in [2.24, 2.45) is 0 Å². The predicted octanol–water partition coefficient (Wildman–Crippen LogP) is 11.7. The van der Waals surface area contributed by atoms with Crippen molar-refractivity contribution in [1.82, 2.24) is 5.32 Å². The molecule has 0 spiro atoms. The van der Waals surface area contributed by atoms with Crippen LogP contribution in [0, 0.1) is 0 Å². The second-order valence-corrected chi connectivity index (χ2v) is 18.5. The molecular formula is C35H74NO2P. The van der Waals surface area contributed by atoms with Crippen molar-refractivity contribution < 1.29 is 9.32 Å². The number of rotatable bonds is 31. The van der Waals surface area contributed by atoms with Gasteiger partial charge in [0.15, 0.2) is 0 Å². The summed E-state index contributed by atoms with van der Waals surface area (Å²) in [4.78, 5) is 13.2. The quantitative estimate of drug-likeness (QED) is 0.0664. The average molecular weight is 572 g/mol. The maximum absolute atomic E-state index is 13.2. The minimum atomic E-state index is -2.59. The summed E-state index contributed by atoms with van der Waals surface area (Å²) in [5.74, 6) is 0.0237. The van der Waals surface area contributed by atoms with Crippen LogP contribution in [0.1, 0.15) is 182 Å². The van der Waals surface area contributed by atoms with E-state index in [9.17, 15) is 4.79 Å². The van der Waals surface area contributed by atoms with E-state index >= 15 is 0 Å². The molecule has 0 rings (SSSR count). The number of carbonyl (C=O) groups excluding carboxylic acids is 1. The summed E-state index contributed by atoms with van der Waals surface area (Å²) in [6, 6.07) is 0. The summed E-state index contributed by atoms with van der Waals surface area (Å²) in [6.07, 6.45) is 36.7. The topological polar surface area (TPSA) is 38.3 Å². The Kier molecular flexibility index (Phi) is 26.6. The van der Waals surface area contributed by atoms with Crippen LogP contribution < -0.4 is 5.32 Å². The van der Waals surface area contributed by atoms with Crippen molar-refractivity contribution >= 4 is 12.8 Å². The van der Waals surface area contributed by atoms with Crippen molar-refractivity contribution in [2.45, 2.75) is 182 Å². The Balaban J connectivity index is 5.31. The van der Waals surface area contributed by atoms with E-state index < -0.39 is 6.83 Å². The first-order valence-electron chi connectivity index (χ1n) is 17.9. The van der Waals surface area contributed by atoms with E-state index in [0.717, 1.165) is 0 Å². The van der Waals surface area contributed by atoms with Crippen LogP contribution in [-0.4, -0.2) is 44.2 Å². The third-order valence-electron chi connectivity index (χ3n) is 8.99. The number of hydrogen-bond acceptors (Lipinski definition) is 3. The van der Waals surface area contributed by atoms with E-state index in [1.165, 1.54) is 179 Å². The normalized spacial score (nSPS) is 12.9. The van der Waals surface area contributed by atoms with Crippen LogP contribution in [0.5, 0.6) is 0 Å². The molecule has 0 saturated heterocycles. The van der Waals surface area contributed by atoms with E-state index in [1.54, 1.807) is 0 Å². The molecule has 4 heteroatoms. The van der Waals surface area contributed by atoms with Gasteiger partial charge in [0.05, 0.1) is 0 Å². The summed E-state index contributed by atoms with van der Waals surface area (Å²) in [7, 11) is 1.88. The van der Waals surface area contributed by atoms with Gasteiger partial charge in [-0.25, -0.2) is 0 Å². The standard InChI is InChI=1S/C35H74NO2P/c1-6-10-14-18-19-20-21-22-23-24-25-29-33-39(30-26-15-11-7-2,31-27-16-12-8-3,32-28-17-13-9-4)38-35(37)34-36-5/h36H,6-34H2,1-5H3.